The molecule has 8 atom stereocenters. The third kappa shape index (κ3) is 3.59. The van der Waals surface area contributed by atoms with E-state index in [0.29, 0.717) is 31.1 Å². The van der Waals surface area contributed by atoms with Gasteiger partial charge < -0.3 is 10.4 Å². The van der Waals surface area contributed by atoms with Crippen LogP contribution in [0.4, 0.5) is 14.5 Å². The maximum atomic E-state index is 16.5. The molecule has 3 nitrogen and oxygen atoms in total. The molecular formula is C27H37F2NO2. The molecule has 32 heavy (non-hydrogen) atoms. The SMILES string of the molecule is C[C@@]1(O)CC[C@@]2(F)[C@H](CC[C@H]3[C@@H]4CC[C@H](C(=O)CNc5ccc(F)cc5)[C@@]4(C)CC[C@@H]32)C1. The molecule has 0 aliphatic heterocycles. The predicted molar refractivity (Wildman–Crippen MR) is 121 cm³/mol. The fraction of sp³-hybridized carbons (Fsp3) is 0.741. The third-order valence-corrected chi connectivity index (χ3v) is 10.0. The number of fused-ring (bicyclic) bond motifs is 5. The Hall–Kier alpha value is -1.49. The van der Waals surface area contributed by atoms with E-state index in [2.05, 4.69) is 12.2 Å². The maximum absolute atomic E-state index is 16.5. The highest BCUT2D eigenvalue weighted by molar-refractivity contribution is 5.86. The van der Waals surface area contributed by atoms with Crippen molar-refractivity contribution in [1.29, 1.82) is 0 Å². The van der Waals surface area contributed by atoms with E-state index in [9.17, 15) is 14.3 Å². The number of benzene rings is 1. The van der Waals surface area contributed by atoms with E-state index >= 15 is 4.39 Å². The second-order valence-electron chi connectivity index (χ2n) is 11.8. The highest BCUT2D eigenvalue weighted by atomic mass is 19.1. The number of Topliss-reactive ketones (excluding diaryl/α,β-unsaturated/α-hetero) is 1. The van der Waals surface area contributed by atoms with Gasteiger partial charge in [0.05, 0.1) is 12.1 Å². The summed E-state index contributed by atoms with van der Waals surface area (Å²) in [6, 6.07) is 6.12. The Bertz CT molecular complexity index is 871. The lowest BCUT2D eigenvalue weighted by Gasteiger charge is -2.59. The number of nitrogens with one attached hydrogen (secondary N) is 1. The van der Waals surface area contributed by atoms with Gasteiger partial charge in [0.1, 0.15) is 11.5 Å². The average molecular weight is 446 g/mol. The minimum absolute atomic E-state index is 0.0155. The number of ketones is 1. The number of carbonyl (C=O) groups excluding carboxylic acids is 1. The molecule has 176 valence electrons. The fourth-order valence-corrected chi connectivity index (χ4v) is 8.39. The Kier molecular flexibility index (Phi) is 5.43. The van der Waals surface area contributed by atoms with Crippen LogP contribution in [0.1, 0.15) is 71.6 Å². The fourth-order valence-electron chi connectivity index (χ4n) is 8.39. The van der Waals surface area contributed by atoms with Gasteiger partial charge in [-0.15, -0.1) is 0 Å². The number of anilines is 1. The first kappa shape index (κ1) is 22.3. The Labute approximate surface area is 190 Å². The van der Waals surface area contributed by atoms with E-state index in [4.69, 9.17) is 0 Å². The minimum atomic E-state index is -1.14. The number of alkyl halides is 1. The van der Waals surface area contributed by atoms with Crippen molar-refractivity contribution in [3.8, 4) is 0 Å². The van der Waals surface area contributed by atoms with Crippen LogP contribution in [0.15, 0.2) is 24.3 Å². The number of halogens is 2. The second-order valence-corrected chi connectivity index (χ2v) is 11.8. The van der Waals surface area contributed by atoms with Crippen LogP contribution < -0.4 is 5.32 Å². The topological polar surface area (TPSA) is 49.3 Å². The van der Waals surface area contributed by atoms with Crippen molar-refractivity contribution in [1.82, 2.24) is 0 Å². The summed E-state index contributed by atoms with van der Waals surface area (Å²) >= 11 is 0. The van der Waals surface area contributed by atoms with Crippen LogP contribution in [0, 0.1) is 40.8 Å². The van der Waals surface area contributed by atoms with Crippen LogP contribution in [-0.4, -0.2) is 28.7 Å². The van der Waals surface area contributed by atoms with Gasteiger partial charge in [-0.25, -0.2) is 8.78 Å². The summed E-state index contributed by atoms with van der Waals surface area (Å²) in [5.74, 6) is 0.804. The number of hydrogen-bond donors (Lipinski definition) is 2. The van der Waals surface area contributed by atoms with E-state index in [1.165, 1.54) is 12.1 Å². The van der Waals surface area contributed by atoms with Crippen molar-refractivity contribution in [3.05, 3.63) is 30.1 Å². The van der Waals surface area contributed by atoms with Crippen molar-refractivity contribution in [2.24, 2.45) is 35.0 Å². The molecule has 4 aliphatic rings. The molecule has 4 saturated carbocycles. The van der Waals surface area contributed by atoms with Crippen LogP contribution in [0.2, 0.25) is 0 Å². The van der Waals surface area contributed by atoms with Crippen molar-refractivity contribution < 1.29 is 18.7 Å². The van der Waals surface area contributed by atoms with E-state index in [-0.39, 0.29) is 41.3 Å². The lowest BCUT2D eigenvalue weighted by molar-refractivity contribution is -0.165. The molecule has 0 bridgehead atoms. The Morgan fingerprint density at radius 1 is 1.03 bits per heavy atom. The first-order valence-electron chi connectivity index (χ1n) is 12.6. The Morgan fingerprint density at radius 3 is 2.53 bits per heavy atom. The van der Waals surface area contributed by atoms with Gasteiger partial charge in [0.2, 0.25) is 0 Å². The molecule has 0 saturated heterocycles. The van der Waals surface area contributed by atoms with Gasteiger partial charge in [-0.05, 0) is 118 Å². The summed E-state index contributed by atoms with van der Waals surface area (Å²) in [6.45, 7) is 4.41. The van der Waals surface area contributed by atoms with E-state index < -0.39 is 11.3 Å². The number of hydrogen-bond acceptors (Lipinski definition) is 3. The van der Waals surface area contributed by atoms with Gasteiger partial charge in [0.25, 0.3) is 0 Å². The largest absolute Gasteiger partial charge is 0.390 e. The molecule has 0 unspecified atom stereocenters. The van der Waals surface area contributed by atoms with E-state index in [0.717, 1.165) is 44.2 Å². The first-order chi connectivity index (χ1) is 15.1. The smallest absolute Gasteiger partial charge is 0.155 e. The van der Waals surface area contributed by atoms with Gasteiger partial charge in [-0.3, -0.25) is 4.79 Å². The summed E-state index contributed by atoms with van der Waals surface area (Å²) in [6.07, 6.45) is 7.22. The summed E-state index contributed by atoms with van der Waals surface area (Å²) in [5.41, 5.74) is -1.15. The molecule has 0 amide bonds. The Balaban J connectivity index is 1.28. The van der Waals surface area contributed by atoms with Crippen LogP contribution in [0.3, 0.4) is 0 Å². The molecule has 2 N–H and O–H groups in total. The van der Waals surface area contributed by atoms with Gasteiger partial charge in [0.15, 0.2) is 5.78 Å². The van der Waals surface area contributed by atoms with Crippen molar-refractivity contribution in [2.75, 3.05) is 11.9 Å². The molecule has 0 spiro atoms. The van der Waals surface area contributed by atoms with Crippen molar-refractivity contribution in [2.45, 2.75) is 82.9 Å². The quantitative estimate of drug-likeness (QED) is 0.605. The summed E-state index contributed by atoms with van der Waals surface area (Å²) in [7, 11) is 0. The van der Waals surface area contributed by atoms with Gasteiger partial charge >= 0.3 is 0 Å². The lowest BCUT2D eigenvalue weighted by Crippen LogP contribution is -2.58. The number of aliphatic hydroxyl groups is 1. The normalized spacial score (nSPS) is 45.5. The lowest BCUT2D eigenvalue weighted by atomic mass is 9.48. The Morgan fingerprint density at radius 2 is 1.78 bits per heavy atom. The third-order valence-electron chi connectivity index (χ3n) is 10.0. The maximum Gasteiger partial charge on any atom is 0.155 e. The monoisotopic (exact) mass is 445 g/mol. The first-order valence-corrected chi connectivity index (χ1v) is 12.6. The van der Waals surface area contributed by atoms with Crippen LogP contribution >= 0.6 is 0 Å². The minimum Gasteiger partial charge on any atom is -0.390 e. The van der Waals surface area contributed by atoms with E-state index in [1.54, 1.807) is 12.1 Å². The van der Waals surface area contributed by atoms with Crippen molar-refractivity contribution in [3.63, 3.8) is 0 Å². The summed E-state index contributed by atoms with van der Waals surface area (Å²) in [5, 5.41) is 13.7. The van der Waals surface area contributed by atoms with Crippen LogP contribution in [-0.2, 0) is 4.79 Å². The number of carbonyl (C=O) groups is 1. The predicted octanol–water partition coefficient (Wildman–Crippen LogP) is 5.92. The highest BCUT2D eigenvalue weighted by Crippen LogP contribution is 2.66. The summed E-state index contributed by atoms with van der Waals surface area (Å²) in [4.78, 5) is 13.2. The van der Waals surface area contributed by atoms with Crippen LogP contribution in [0.5, 0.6) is 0 Å². The molecular weight excluding hydrogens is 408 g/mol. The highest BCUT2D eigenvalue weighted by Gasteiger charge is 2.63. The molecule has 4 aliphatic carbocycles. The molecule has 0 radical (unpaired) electrons. The average Bonchev–Trinajstić information content (AvgIpc) is 3.11. The standard InChI is InChI=1S/C27H37F2NO2/c1-25(32)13-14-27(29)17(15-25)3-8-20-21-9-10-23(26(21,2)12-11-22(20)27)24(31)16-30-19-6-4-18(28)5-7-19/h4-7,17,20-23,30,32H,3,8-16H2,1-2H3/t17-,20+,21+,22+,23-,25-,26+,27-/m1/s1. The molecule has 0 aromatic heterocycles. The molecule has 4 fully saturated rings. The molecule has 1 aromatic carbocycles. The number of rotatable bonds is 4. The zero-order valence-electron chi connectivity index (χ0n) is 19.4. The van der Waals surface area contributed by atoms with Gasteiger partial charge in [0, 0.05) is 11.6 Å². The van der Waals surface area contributed by atoms with Gasteiger partial charge in [-0.1, -0.05) is 6.92 Å². The zero-order chi connectivity index (χ0) is 22.7. The molecule has 1 aromatic rings. The molecule has 5 heteroatoms. The van der Waals surface area contributed by atoms with E-state index in [1.807, 2.05) is 6.92 Å². The zero-order valence-corrected chi connectivity index (χ0v) is 19.4. The van der Waals surface area contributed by atoms with Crippen molar-refractivity contribution >= 4 is 11.5 Å². The molecule has 5 rings (SSSR count). The van der Waals surface area contributed by atoms with Crippen LogP contribution in [0.25, 0.3) is 0 Å². The molecule has 0 heterocycles. The van der Waals surface area contributed by atoms with Gasteiger partial charge in [-0.2, -0.15) is 0 Å². The second kappa shape index (κ2) is 7.78. The summed E-state index contributed by atoms with van der Waals surface area (Å²) < 4.78 is 29.6.